The van der Waals surface area contributed by atoms with Crippen molar-refractivity contribution in [1.29, 1.82) is 0 Å². The minimum atomic E-state index is -4.54. The monoisotopic (exact) mass is 477 g/mol. The normalized spacial score (nSPS) is 11.7. The number of rotatable bonds is 4. The van der Waals surface area contributed by atoms with Gasteiger partial charge in [-0.2, -0.15) is 13.2 Å². The van der Waals surface area contributed by atoms with Crippen molar-refractivity contribution in [3.63, 3.8) is 0 Å². The molecule has 6 nitrogen and oxygen atoms in total. The lowest BCUT2D eigenvalue weighted by atomic mass is 10.0. The van der Waals surface area contributed by atoms with Gasteiger partial charge in [-0.05, 0) is 43.7 Å². The largest absolute Gasteiger partial charge is 0.462 e. The van der Waals surface area contributed by atoms with Gasteiger partial charge in [-0.1, -0.05) is 12.1 Å². The molecule has 4 aromatic rings. The summed E-state index contributed by atoms with van der Waals surface area (Å²) < 4.78 is 72.9. The van der Waals surface area contributed by atoms with Crippen molar-refractivity contribution in [1.82, 2.24) is 14.6 Å². The summed E-state index contributed by atoms with van der Waals surface area (Å²) in [4.78, 5) is 30.1. The van der Waals surface area contributed by atoms with E-state index in [1.54, 1.807) is 6.92 Å². The minimum absolute atomic E-state index is 0.0611. The van der Waals surface area contributed by atoms with Crippen LogP contribution in [0, 0.1) is 18.6 Å². The fourth-order valence-corrected chi connectivity index (χ4v) is 3.62. The number of nitrogens with zero attached hydrogens (tertiary/aromatic N) is 2. The Morgan fingerprint density at radius 3 is 2.38 bits per heavy atom. The van der Waals surface area contributed by atoms with Gasteiger partial charge in [-0.3, -0.25) is 9.89 Å². The van der Waals surface area contributed by atoms with Crippen LogP contribution < -0.4 is 5.56 Å². The number of esters is 1. The number of hydrogen-bond donors (Lipinski definition) is 1. The number of aryl methyl sites for hydroxylation is 1. The molecule has 176 valence electrons. The van der Waals surface area contributed by atoms with Gasteiger partial charge in [0.2, 0.25) is 0 Å². The van der Waals surface area contributed by atoms with Crippen LogP contribution in [0.15, 0.2) is 47.3 Å². The molecule has 4 rings (SSSR count). The van der Waals surface area contributed by atoms with Gasteiger partial charge in [0.05, 0.1) is 17.9 Å². The van der Waals surface area contributed by atoms with E-state index in [-0.39, 0.29) is 29.1 Å². The highest BCUT2D eigenvalue weighted by Gasteiger charge is 2.31. The summed E-state index contributed by atoms with van der Waals surface area (Å²) in [5, 5.41) is 2.74. The molecule has 2 aromatic heterocycles. The number of ether oxygens (including phenoxy) is 1. The Kier molecular flexibility index (Phi) is 5.72. The van der Waals surface area contributed by atoms with E-state index in [0.717, 1.165) is 28.8 Å². The molecule has 0 aliphatic rings. The van der Waals surface area contributed by atoms with E-state index in [0.29, 0.717) is 17.3 Å². The number of halogens is 5. The number of carbonyl (C=O) groups is 1. The summed E-state index contributed by atoms with van der Waals surface area (Å²) in [6, 6.07) is 6.73. The number of aromatic nitrogens is 3. The molecule has 0 aliphatic heterocycles. The zero-order valence-corrected chi connectivity index (χ0v) is 17.8. The van der Waals surface area contributed by atoms with Gasteiger partial charge in [0.25, 0.3) is 5.56 Å². The van der Waals surface area contributed by atoms with Crippen molar-refractivity contribution in [3.05, 3.63) is 81.3 Å². The van der Waals surface area contributed by atoms with Gasteiger partial charge in [0.15, 0.2) is 11.2 Å². The molecule has 2 aromatic carbocycles. The Bertz CT molecular complexity index is 1470. The van der Waals surface area contributed by atoms with E-state index in [4.69, 9.17) is 4.74 Å². The maximum absolute atomic E-state index is 14.6. The van der Waals surface area contributed by atoms with Gasteiger partial charge in [-0.25, -0.2) is 23.1 Å². The van der Waals surface area contributed by atoms with E-state index in [2.05, 4.69) is 10.1 Å². The summed E-state index contributed by atoms with van der Waals surface area (Å²) in [6.07, 6.45) is -4.54. The second-order valence-electron chi connectivity index (χ2n) is 7.33. The summed E-state index contributed by atoms with van der Waals surface area (Å²) in [5.41, 5.74) is -2.19. The molecule has 1 N–H and O–H groups in total. The maximum atomic E-state index is 14.6. The summed E-state index contributed by atoms with van der Waals surface area (Å²) in [5.74, 6) is -3.00. The Morgan fingerprint density at radius 1 is 1.12 bits per heavy atom. The van der Waals surface area contributed by atoms with Crippen LogP contribution >= 0.6 is 0 Å². The van der Waals surface area contributed by atoms with Crippen molar-refractivity contribution >= 4 is 11.6 Å². The number of carbonyl (C=O) groups excluding carboxylic acids is 1. The summed E-state index contributed by atoms with van der Waals surface area (Å²) in [6.45, 7) is 3.00. The van der Waals surface area contributed by atoms with Crippen molar-refractivity contribution in [2.75, 3.05) is 6.61 Å². The summed E-state index contributed by atoms with van der Waals surface area (Å²) in [7, 11) is 0. The molecule has 0 bridgehead atoms. The number of aromatic amines is 1. The molecule has 0 saturated carbocycles. The van der Waals surface area contributed by atoms with Crippen LogP contribution in [0.2, 0.25) is 0 Å². The second kappa shape index (κ2) is 8.40. The molecule has 0 spiro atoms. The van der Waals surface area contributed by atoms with Crippen molar-refractivity contribution < 1.29 is 31.5 Å². The van der Waals surface area contributed by atoms with Gasteiger partial charge >= 0.3 is 12.1 Å². The molecule has 0 aliphatic carbocycles. The predicted octanol–water partition coefficient (Wildman–Crippen LogP) is 5.14. The Morgan fingerprint density at radius 2 is 1.79 bits per heavy atom. The fraction of sp³-hybridized carbons (Fsp3) is 0.174. The number of H-pyrrole nitrogens is 1. The van der Waals surface area contributed by atoms with Crippen LogP contribution in [0.3, 0.4) is 0 Å². The number of benzene rings is 2. The van der Waals surface area contributed by atoms with Gasteiger partial charge in [0.1, 0.15) is 11.6 Å². The van der Waals surface area contributed by atoms with Crippen LogP contribution in [0.1, 0.15) is 28.5 Å². The van der Waals surface area contributed by atoms with Crippen LogP contribution in [0.25, 0.3) is 28.0 Å². The Balaban J connectivity index is 2.03. The average Bonchev–Trinajstić information content (AvgIpc) is 3.09. The molecule has 0 amide bonds. The SMILES string of the molecule is CCOC(=O)c1c(-c2ccc(F)cc2F)nc2c(-c3ccc(C(F)(F)F)cc3)c(C)[nH]n2c1=O. The van der Waals surface area contributed by atoms with Crippen molar-refractivity contribution in [2.24, 2.45) is 0 Å². The second-order valence-corrected chi connectivity index (χ2v) is 7.33. The number of nitrogens with one attached hydrogen (secondary N) is 1. The van der Waals surface area contributed by atoms with Crippen molar-refractivity contribution in [3.8, 4) is 22.4 Å². The first-order chi connectivity index (χ1) is 16.0. The smallest absolute Gasteiger partial charge is 0.416 e. The van der Waals surface area contributed by atoms with E-state index < -0.39 is 40.5 Å². The molecule has 11 heteroatoms. The lowest BCUT2D eigenvalue weighted by Crippen LogP contribution is -2.26. The third-order valence-electron chi connectivity index (χ3n) is 5.13. The third kappa shape index (κ3) is 3.93. The lowest BCUT2D eigenvalue weighted by Gasteiger charge is -2.11. The fourth-order valence-electron chi connectivity index (χ4n) is 3.62. The number of fused-ring (bicyclic) bond motifs is 1. The van der Waals surface area contributed by atoms with Gasteiger partial charge in [-0.15, -0.1) is 0 Å². The minimum Gasteiger partial charge on any atom is -0.462 e. The average molecular weight is 477 g/mol. The maximum Gasteiger partial charge on any atom is 0.416 e. The zero-order chi connectivity index (χ0) is 24.8. The molecular weight excluding hydrogens is 461 g/mol. The predicted molar refractivity (Wildman–Crippen MR) is 112 cm³/mol. The highest BCUT2D eigenvalue weighted by molar-refractivity contribution is 5.97. The quantitative estimate of drug-likeness (QED) is 0.326. The molecule has 0 unspecified atom stereocenters. The first-order valence-corrected chi connectivity index (χ1v) is 9.98. The molecule has 34 heavy (non-hydrogen) atoms. The first kappa shape index (κ1) is 23.1. The van der Waals surface area contributed by atoms with E-state index in [1.807, 2.05) is 0 Å². The Hall–Kier alpha value is -4.02. The van der Waals surface area contributed by atoms with E-state index in [1.165, 1.54) is 19.1 Å². The van der Waals surface area contributed by atoms with Crippen LogP contribution in [-0.2, 0) is 10.9 Å². The molecule has 0 fully saturated rings. The highest BCUT2D eigenvalue weighted by atomic mass is 19.4. The van der Waals surface area contributed by atoms with Crippen LogP contribution in [0.4, 0.5) is 22.0 Å². The van der Waals surface area contributed by atoms with Gasteiger partial charge < -0.3 is 4.74 Å². The van der Waals surface area contributed by atoms with E-state index in [9.17, 15) is 31.5 Å². The first-order valence-electron chi connectivity index (χ1n) is 9.98. The molecule has 0 atom stereocenters. The standard InChI is InChI=1S/C23H16F5N3O3/c1-3-34-22(33)18-19(15-9-8-14(24)10-16(15)25)29-20-17(11(2)30-31(20)21(18)32)12-4-6-13(7-5-12)23(26,27)28/h4-10,30H,3H2,1-2H3. The molecule has 0 radical (unpaired) electrons. The highest BCUT2D eigenvalue weighted by Crippen LogP contribution is 2.34. The van der Waals surface area contributed by atoms with Gasteiger partial charge in [0, 0.05) is 22.9 Å². The third-order valence-corrected chi connectivity index (χ3v) is 5.13. The Labute approximate surface area is 188 Å². The molecule has 2 heterocycles. The van der Waals surface area contributed by atoms with Crippen LogP contribution in [-0.4, -0.2) is 27.2 Å². The topological polar surface area (TPSA) is 76.5 Å². The zero-order valence-electron chi connectivity index (χ0n) is 17.8. The number of hydrogen-bond acceptors (Lipinski definition) is 4. The number of alkyl halides is 3. The van der Waals surface area contributed by atoms with Crippen LogP contribution in [0.5, 0.6) is 0 Å². The van der Waals surface area contributed by atoms with E-state index >= 15 is 0 Å². The molecule has 0 saturated heterocycles. The lowest BCUT2D eigenvalue weighted by molar-refractivity contribution is -0.137. The van der Waals surface area contributed by atoms with Crippen molar-refractivity contribution in [2.45, 2.75) is 20.0 Å². The molecular formula is C23H16F5N3O3. The summed E-state index contributed by atoms with van der Waals surface area (Å²) >= 11 is 0.